The Morgan fingerprint density at radius 2 is 2.10 bits per heavy atom. The minimum Gasteiger partial charge on any atom is -0.376 e. The third-order valence-corrected chi connectivity index (χ3v) is 4.12. The van der Waals surface area contributed by atoms with E-state index in [0.717, 1.165) is 43.4 Å². The van der Waals surface area contributed by atoms with E-state index in [2.05, 4.69) is 6.92 Å². The summed E-state index contributed by atoms with van der Waals surface area (Å²) >= 11 is 0. The summed E-state index contributed by atoms with van der Waals surface area (Å²) in [6.45, 7) is 7.28. The number of hydrogen-bond donors (Lipinski definition) is 0. The molecule has 2 unspecified atom stereocenters. The molecule has 0 radical (unpaired) electrons. The van der Waals surface area contributed by atoms with E-state index in [9.17, 15) is 4.39 Å². The molecule has 0 amide bonds. The highest BCUT2D eigenvalue weighted by Gasteiger charge is 2.26. The zero-order valence-corrected chi connectivity index (χ0v) is 12.7. The summed E-state index contributed by atoms with van der Waals surface area (Å²) in [5.74, 6) is -0.111. The van der Waals surface area contributed by atoms with Crippen LogP contribution in [0.1, 0.15) is 55.4 Å². The molecule has 1 aromatic rings. The Morgan fingerprint density at radius 1 is 1.30 bits per heavy atom. The van der Waals surface area contributed by atoms with Crippen molar-refractivity contribution in [1.82, 2.24) is 0 Å². The molecule has 0 aromatic heterocycles. The van der Waals surface area contributed by atoms with E-state index in [-0.39, 0.29) is 18.0 Å². The Hall–Kier alpha value is -0.930. The molecule has 1 aliphatic heterocycles. The van der Waals surface area contributed by atoms with E-state index in [0.29, 0.717) is 12.2 Å². The summed E-state index contributed by atoms with van der Waals surface area (Å²) in [7, 11) is 0. The fourth-order valence-electron chi connectivity index (χ4n) is 2.55. The summed E-state index contributed by atoms with van der Waals surface area (Å²) in [4.78, 5) is 0. The van der Waals surface area contributed by atoms with Gasteiger partial charge in [0, 0.05) is 12.2 Å². The molecule has 1 fully saturated rings. The summed E-state index contributed by atoms with van der Waals surface area (Å²) in [6.07, 6.45) is 4.06. The van der Waals surface area contributed by atoms with Gasteiger partial charge in [-0.05, 0) is 44.2 Å². The van der Waals surface area contributed by atoms with Gasteiger partial charge in [-0.25, -0.2) is 4.39 Å². The van der Waals surface area contributed by atoms with Crippen molar-refractivity contribution < 1.29 is 13.9 Å². The summed E-state index contributed by atoms with van der Waals surface area (Å²) in [6, 6.07) is 3.83. The zero-order chi connectivity index (χ0) is 14.5. The van der Waals surface area contributed by atoms with Gasteiger partial charge in [0.25, 0.3) is 0 Å². The Kier molecular flexibility index (Phi) is 5.55. The van der Waals surface area contributed by atoms with E-state index < -0.39 is 0 Å². The monoisotopic (exact) mass is 280 g/mol. The van der Waals surface area contributed by atoms with Gasteiger partial charge in [-0.2, -0.15) is 0 Å². The SMILES string of the molecule is CCCCOC1CCC(c2ccc(C)c(C)c2F)OC1. The van der Waals surface area contributed by atoms with Crippen LogP contribution in [0.5, 0.6) is 0 Å². The van der Waals surface area contributed by atoms with Gasteiger partial charge >= 0.3 is 0 Å². The fourth-order valence-corrected chi connectivity index (χ4v) is 2.55. The molecular formula is C17H25FO2. The average Bonchev–Trinajstić information content (AvgIpc) is 2.46. The first-order chi connectivity index (χ1) is 9.63. The number of ether oxygens (including phenoxy) is 2. The molecule has 112 valence electrons. The quantitative estimate of drug-likeness (QED) is 0.740. The van der Waals surface area contributed by atoms with E-state index >= 15 is 0 Å². The second-order valence-corrected chi connectivity index (χ2v) is 5.66. The lowest BCUT2D eigenvalue weighted by atomic mass is 9.96. The van der Waals surface area contributed by atoms with Crippen molar-refractivity contribution in [3.8, 4) is 0 Å². The van der Waals surface area contributed by atoms with Crippen molar-refractivity contribution >= 4 is 0 Å². The third-order valence-electron chi connectivity index (χ3n) is 4.12. The van der Waals surface area contributed by atoms with Gasteiger partial charge in [0.15, 0.2) is 0 Å². The Morgan fingerprint density at radius 3 is 2.75 bits per heavy atom. The van der Waals surface area contributed by atoms with Gasteiger partial charge in [0.1, 0.15) is 5.82 Å². The highest BCUT2D eigenvalue weighted by molar-refractivity contribution is 5.33. The van der Waals surface area contributed by atoms with Crippen molar-refractivity contribution in [3.63, 3.8) is 0 Å². The molecule has 1 aliphatic rings. The molecule has 3 heteroatoms. The van der Waals surface area contributed by atoms with E-state index in [1.165, 1.54) is 0 Å². The molecule has 1 saturated heterocycles. The maximum atomic E-state index is 14.3. The summed E-state index contributed by atoms with van der Waals surface area (Å²) in [5.41, 5.74) is 2.41. The summed E-state index contributed by atoms with van der Waals surface area (Å²) < 4.78 is 25.9. The van der Waals surface area contributed by atoms with Crippen molar-refractivity contribution in [3.05, 3.63) is 34.6 Å². The lowest BCUT2D eigenvalue weighted by Crippen LogP contribution is -2.28. The minimum absolute atomic E-state index is 0.111. The average molecular weight is 280 g/mol. The zero-order valence-electron chi connectivity index (χ0n) is 12.7. The van der Waals surface area contributed by atoms with Crippen molar-refractivity contribution in [1.29, 1.82) is 0 Å². The van der Waals surface area contributed by atoms with Crippen LogP contribution in [-0.4, -0.2) is 19.3 Å². The molecule has 2 rings (SSSR count). The Labute approximate surface area is 121 Å². The molecule has 20 heavy (non-hydrogen) atoms. The predicted molar refractivity (Wildman–Crippen MR) is 78.4 cm³/mol. The molecule has 0 saturated carbocycles. The second kappa shape index (κ2) is 7.19. The van der Waals surface area contributed by atoms with Crippen LogP contribution in [0.25, 0.3) is 0 Å². The standard InChI is InChI=1S/C17H25FO2/c1-4-5-10-19-14-7-9-16(20-11-14)15-8-6-12(2)13(3)17(15)18/h6,8,14,16H,4-5,7,9-11H2,1-3H3. The molecule has 0 aliphatic carbocycles. The van der Waals surface area contributed by atoms with Gasteiger partial charge in [-0.1, -0.05) is 25.5 Å². The normalized spacial score (nSPS) is 23.0. The van der Waals surface area contributed by atoms with Crippen LogP contribution in [0, 0.1) is 19.7 Å². The summed E-state index contributed by atoms with van der Waals surface area (Å²) in [5, 5.41) is 0. The topological polar surface area (TPSA) is 18.5 Å². The lowest BCUT2D eigenvalue weighted by molar-refractivity contribution is -0.0880. The Balaban J connectivity index is 1.92. The molecule has 0 N–H and O–H groups in total. The van der Waals surface area contributed by atoms with Crippen LogP contribution in [0.2, 0.25) is 0 Å². The molecule has 2 nitrogen and oxygen atoms in total. The van der Waals surface area contributed by atoms with E-state index in [1.54, 1.807) is 0 Å². The van der Waals surface area contributed by atoms with Crippen molar-refractivity contribution in [2.75, 3.05) is 13.2 Å². The lowest BCUT2D eigenvalue weighted by Gasteiger charge is -2.30. The van der Waals surface area contributed by atoms with Gasteiger partial charge < -0.3 is 9.47 Å². The predicted octanol–water partition coefficient (Wildman–Crippen LogP) is 4.48. The van der Waals surface area contributed by atoms with Gasteiger partial charge in [0.2, 0.25) is 0 Å². The first-order valence-electron chi connectivity index (χ1n) is 7.62. The first-order valence-corrected chi connectivity index (χ1v) is 7.62. The van der Waals surface area contributed by atoms with Crippen LogP contribution < -0.4 is 0 Å². The number of rotatable bonds is 5. The second-order valence-electron chi connectivity index (χ2n) is 5.66. The smallest absolute Gasteiger partial charge is 0.132 e. The first kappa shape index (κ1) is 15.5. The largest absolute Gasteiger partial charge is 0.376 e. The van der Waals surface area contributed by atoms with Crippen LogP contribution in [0.3, 0.4) is 0 Å². The molecule has 1 heterocycles. The van der Waals surface area contributed by atoms with Gasteiger partial charge in [-0.15, -0.1) is 0 Å². The van der Waals surface area contributed by atoms with Crippen molar-refractivity contribution in [2.45, 2.75) is 58.7 Å². The third kappa shape index (κ3) is 3.58. The number of halogens is 1. The van der Waals surface area contributed by atoms with Crippen LogP contribution >= 0.6 is 0 Å². The molecule has 2 atom stereocenters. The number of unbranched alkanes of at least 4 members (excludes halogenated alkanes) is 1. The van der Waals surface area contributed by atoms with Gasteiger partial charge in [0.05, 0.1) is 18.8 Å². The fraction of sp³-hybridized carbons (Fsp3) is 0.647. The van der Waals surface area contributed by atoms with Crippen LogP contribution in [0.15, 0.2) is 12.1 Å². The molecule has 0 spiro atoms. The minimum atomic E-state index is -0.125. The number of benzene rings is 1. The Bertz CT molecular complexity index is 437. The molecule has 0 bridgehead atoms. The van der Waals surface area contributed by atoms with Gasteiger partial charge in [-0.3, -0.25) is 0 Å². The van der Waals surface area contributed by atoms with Crippen molar-refractivity contribution in [2.24, 2.45) is 0 Å². The number of aryl methyl sites for hydroxylation is 1. The maximum absolute atomic E-state index is 14.3. The van der Waals surface area contributed by atoms with Crippen LogP contribution in [-0.2, 0) is 9.47 Å². The molecule has 1 aromatic carbocycles. The highest BCUT2D eigenvalue weighted by Crippen LogP contribution is 2.32. The highest BCUT2D eigenvalue weighted by atomic mass is 19.1. The van der Waals surface area contributed by atoms with E-state index in [1.807, 2.05) is 26.0 Å². The van der Waals surface area contributed by atoms with Crippen LogP contribution in [0.4, 0.5) is 4.39 Å². The number of hydrogen-bond acceptors (Lipinski definition) is 2. The maximum Gasteiger partial charge on any atom is 0.132 e. The van der Waals surface area contributed by atoms with E-state index in [4.69, 9.17) is 9.47 Å². The molecular weight excluding hydrogens is 255 g/mol.